The van der Waals surface area contributed by atoms with Gasteiger partial charge in [0.15, 0.2) is 11.5 Å². The number of halogens is 1. The van der Waals surface area contributed by atoms with Crippen molar-refractivity contribution >= 4 is 33.2 Å². The zero-order chi connectivity index (χ0) is 23.4. The van der Waals surface area contributed by atoms with Crippen LogP contribution in [0.4, 0.5) is 11.4 Å². The smallest absolute Gasteiger partial charge is 0.311 e. The van der Waals surface area contributed by atoms with E-state index in [0.29, 0.717) is 18.0 Å². The Labute approximate surface area is 197 Å². The molecule has 0 aliphatic rings. The van der Waals surface area contributed by atoms with Crippen LogP contribution in [0.5, 0.6) is 5.75 Å². The lowest BCUT2D eigenvalue weighted by molar-refractivity contribution is -0.386. The Bertz CT molecular complexity index is 1300. The molecule has 2 heterocycles. The lowest BCUT2D eigenvalue weighted by atomic mass is 10.2. The Morgan fingerprint density at radius 1 is 1.21 bits per heavy atom. The third-order valence-corrected chi connectivity index (χ3v) is 5.13. The average molecular weight is 511 g/mol. The highest BCUT2D eigenvalue weighted by Crippen LogP contribution is 2.28. The van der Waals surface area contributed by atoms with Crippen molar-refractivity contribution in [1.82, 2.24) is 9.78 Å². The van der Waals surface area contributed by atoms with Crippen molar-refractivity contribution < 1.29 is 18.9 Å². The Morgan fingerprint density at radius 2 is 2.00 bits per heavy atom. The number of carbonyl (C=O) groups is 1. The van der Waals surface area contributed by atoms with Gasteiger partial charge in [0.05, 0.1) is 22.1 Å². The normalized spacial score (nSPS) is 10.7. The highest BCUT2D eigenvalue weighted by molar-refractivity contribution is 9.10. The van der Waals surface area contributed by atoms with Crippen LogP contribution in [-0.4, -0.2) is 20.6 Å². The van der Waals surface area contributed by atoms with Crippen LogP contribution in [0, 0.1) is 17.0 Å². The molecule has 0 radical (unpaired) electrons. The summed E-state index contributed by atoms with van der Waals surface area (Å²) in [4.78, 5) is 23.2. The summed E-state index contributed by atoms with van der Waals surface area (Å²) in [5.74, 6) is 0.204. The van der Waals surface area contributed by atoms with E-state index in [1.54, 1.807) is 48.1 Å². The number of hydrogen-bond acceptors (Lipinski definition) is 6. The summed E-state index contributed by atoms with van der Waals surface area (Å²) in [6, 6.07) is 15.2. The van der Waals surface area contributed by atoms with Gasteiger partial charge in [0.1, 0.15) is 12.4 Å². The van der Waals surface area contributed by atoms with Crippen LogP contribution in [-0.2, 0) is 13.2 Å². The standard InChI is InChI=1S/C23H19BrN4O5/c1-15-2-8-21(20(10-15)28(30)31)32-14-19-7-9-22(33-19)23(29)26-18-5-3-16(4-6-18)12-27-13-17(24)11-25-27/h2-11,13H,12,14H2,1H3,(H,26,29). The van der Waals surface area contributed by atoms with Gasteiger partial charge in [-0.2, -0.15) is 5.10 Å². The lowest BCUT2D eigenvalue weighted by Gasteiger charge is -2.07. The predicted molar refractivity (Wildman–Crippen MR) is 124 cm³/mol. The summed E-state index contributed by atoms with van der Waals surface area (Å²) < 4.78 is 13.8. The van der Waals surface area contributed by atoms with Crippen LogP contribution in [0.25, 0.3) is 0 Å². The van der Waals surface area contributed by atoms with Crippen molar-refractivity contribution in [2.24, 2.45) is 0 Å². The number of anilines is 1. The maximum absolute atomic E-state index is 12.5. The van der Waals surface area contributed by atoms with Crippen LogP contribution in [0.1, 0.15) is 27.4 Å². The molecule has 0 fully saturated rings. The van der Waals surface area contributed by atoms with E-state index in [9.17, 15) is 14.9 Å². The number of nitro groups is 1. The van der Waals surface area contributed by atoms with Crippen LogP contribution in [0.2, 0.25) is 0 Å². The second-order valence-corrected chi connectivity index (χ2v) is 8.21. The molecule has 0 saturated heterocycles. The molecular formula is C23H19BrN4O5. The highest BCUT2D eigenvalue weighted by Gasteiger charge is 2.17. The molecule has 0 unspecified atom stereocenters. The number of rotatable bonds is 8. The minimum atomic E-state index is -0.497. The SMILES string of the molecule is Cc1ccc(OCc2ccc(C(=O)Nc3ccc(Cn4cc(Br)cn4)cc3)o2)c([N+](=O)[O-])c1. The molecule has 0 aliphatic carbocycles. The minimum absolute atomic E-state index is 0.0462. The van der Waals surface area contributed by atoms with E-state index in [0.717, 1.165) is 15.6 Å². The lowest BCUT2D eigenvalue weighted by Crippen LogP contribution is -2.11. The minimum Gasteiger partial charge on any atom is -0.479 e. The number of carbonyl (C=O) groups excluding carboxylic acids is 1. The number of aryl methyl sites for hydroxylation is 1. The Hall–Kier alpha value is -3.92. The first kappa shape index (κ1) is 22.3. The fraction of sp³-hybridized carbons (Fsp3) is 0.130. The van der Waals surface area contributed by atoms with Gasteiger partial charge in [-0.25, -0.2) is 0 Å². The van der Waals surface area contributed by atoms with Gasteiger partial charge in [0.25, 0.3) is 5.91 Å². The van der Waals surface area contributed by atoms with Crippen molar-refractivity contribution in [3.8, 4) is 5.75 Å². The highest BCUT2D eigenvalue weighted by atomic mass is 79.9. The number of aromatic nitrogens is 2. The maximum Gasteiger partial charge on any atom is 0.311 e. The first-order chi connectivity index (χ1) is 15.9. The Kier molecular flexibility index (Phi) is 6.55. The molecular weight excluding hydrogens is 492 g/mol. The van der Waals surface area contributed by atoms with E-state index < -0.39 is 10.8 Å². The van der Waals surface area contributed by atoms with E-state index >= 15 is 0 Å². The summed E-state index contributed by atoms with van der Waals surface area (Å²) >= 11 is 3.37. The zero-order valence-corrected chi connectivity index (χ0v) is 19.1. The molecule has 1 N–H and O–H groups in total. The number of nitrogens with zero attached hydrogens (tertiary/aromatic N) is 3. The summed E-state index contributed by atoms with van der Waals surface area (Å²) in [7, 11) is 0. The molecule has 1 amide bonds. The van der Waals surface area contributed by atoms with Gasteiger partial charge >= 0.3 is 5.69 Å². The Morgan fingerprint density at radius 3 is 2.70 bits per heavy atom. The third-order valence-electron chi connectivity index (χ3n) is 4.72. The van der Waals surface area contributed by atoms with E-state index in [2.05, 4.69) is 26.3 Å². The maximum atomic E-state index is 12.5. The Balaban J connectivity index is 1.35. The molecule has 4 rings (SSSR count). The molecule has 0 aliphatic heterocycles. The van der Waals surface area contributed by atoms with E-state index in [-0.39, 0.29) is 23.8 Å². The summed E-state index contributed by atoms with van der Waals surface area (Å²) in [6.45, 7) is 2.33. The largest absolute Gasteiger partial charge is 0.479 e. The van der Waals surface area contributed by atoms with Crippen molar-refractivity contribution in [3.63, 3.8) is 0 Å². The summed E-state index contributed by atoms with van der Waals surface area (Å²) in [5.41, 5.74) is 2.29. The quantitative estimate of drug-likeness (QED) is 0.253. The topological polar surface area (TPSA) is 112 Å². The molecule has 33 heavy (non-hydrogen) atoms. The monoisotopic (exact) mass is 510 g/mol. The molecule has 0 bridgehead atoms. The van der Waals surface area contributed by atoms with Gasteiger partial charge in [-0.1, -0.05) is 18.2 Å². The molecule has 2 aromatic heterocycles. The number of benzene rings is 2. The molecule has 10 heteroatoms. The first-order valence-corrected chi connectivity index (χ1v) is 10.7. The first-order valence-electron chi connectivity index (χ1n) is 9.92. The van der Waals surface area contributed by atoms with Gasteiger partial charge in [-0.3, -0.25) is 19.6 Å². The summed E-state index contributed by atoms with van der Waals surface area (Å²) in [5, 5.41) is 18.2. The van der Waals surface area contributed by atoms with Crippen molar-refractivity contribution in [2.75, 3.05) is 5.32 Å². The fourth-order valence-corrected chi connectivity index (χ4v) is 3.44. The molecule has 2 aromatic carbocycles. The number of furan rings is 1. The van der Waals surface area contributed by atoms with Gasteiger partial charge in [-0.05, 0) is 64.3 Å². The van der Waals surface area contributed by atoms with Crippen LogP contribution in [0.3, 0.4) is 0 Å². The van der Waals surface area contributed by atoms with Crippen molar-refractivity contribution in [3.05, 3.63) is 104 Å². The van der Waals surface area contributed by atoms with Crippen LogP contribution in [0.15, 0.2) is 75.9 Å². The average Bonchev–Trinajstić information content (AvgIpc) is 3.43. The molecule has 0 spiro atoms. The molecule has 0 saturated carbocycles. The molecule has 9 nitrogen and oxygen atoms in total. The number of ether oxygens (including phenoxy) is 1. The van der Waals surface area contributed by atoms with Crippen LogP contribution < -0.4 is 10.1 Å². The second-order valence-electron chi connectivity index (χ2n) is 7.29. The number of nitrogens with one attached hydrogen (secondary N) is 1. The second kappa shape index (κ2) is 9.70. The molecule has 4 aromatic rings. The molecule has 168 valence electrons. The van der Waals surface area contributed by atoms with E-state index in [1.807, 2.05) is 18.3 Å². The van der Waals surface area contributed by atoms with Gasteiger partial charge in [-0.15, -0.1) is 0 Å². The number of hydrogen-bond donors (Lipinski definition) is 1. The van der Waals surface area contributed by atoms with Gasteiger partial charge < -0.3 is 14.5 Å². The van der Waals surface area contributed by atoms with Crippen molar-refractivity contribution in [2.45, 2.75) is 20.1 Å². The van der Waals surface area contributed by atoms with Gasteiger partial charge in [0, 0.05) is 18.0 Å². The molecule has 0 atom stereocenters. The predicted octanol–water partition coefficient (Wildman–Crippen LogP) is 5.33. The number of amides is 1. The third kappa shape index (κ3) is 5.66. The van der Waals surface area contributed by atoms with Gasteiger partial charge in [0.2, 0.25) is 0 Å². The van der Waals surface area contributed by atoms with Crippen molar-refractivity contribution in [1.29, 1.82) is 0 Å². The van der Waals surface area contributed by atoms with E-state index in [4.69, 9.17) is 9.15 Å². The zero-order valence-electron chi connectivity index (χ0n) is 17.5. The van der Waals surface area contributed by atoms with E-state index in [1.165, 1.54) is 12.1 Å². The summed E-state index contributed by atoms with van der Waals surface area (Å²) in [6.07, 6.45) is 3.60. The fourth-order valence-electron chi connectivity index (χ4n) is 3.12. The number of nitro benzene ring substituents is 1. The van der Waals surface area contributed by atoms with Crippen LogP contribution >= 0.6 is 15.9 Å².